The Morgan fingerprint density at radius 3 is 2.48 bits per heavy atom. The third-order valence-corrected chi connectivity index (χ3v) is 7.19. The first kappa shape index (κ1) is 22.7. The van der Waals surface area contributed by atoms with Crippen LogP contribution in [-0.4, -0.2) is 41.5 Å². The van der Waals surface area contributed by atoms with Crippen LogP contribution < -0.4 is 5.32 Å². The molecular weight excluding hydrogens is 412 g/mol. The van der Waals surface area contributed by atoms with E-state index in [0.29, 0.717) is 31.7 Å². The van der Waals surface area contributed by atoms with Crippen molar-refractivity contribution in [3.05, 3.63) is 83.2 Å². The number of carbonyl (C=O) groups excluding carboxylic acids is 1. The molecule has 0 saturated heterocycles. The van der Waals surface area contributed by atoms with Crippen LogP contribution in [-0.2, 0) is 23.1 Å². The Hall–Kier alpha value is -2.97. The van der Waals surface area contributed by atoms with Gasteiger partial charge in [-0.1, -0.05) is 44.2 Å². The minimum atomic E-state index is -3.63. The van der Waals surface area contributed by atoms with Gasteiger partial charge >= 0.3 is 0 Å². The summed E-state index contributed by atoms with van der Waals surface area (Å²) < 4.78 is 28.8. The number of rotatable bonds is 9. The smallest absolute Gasteiger partial charge is 0.251 e. The lowest BCUT2D eigenvalue weighted by Gasteiger charge is -2.19. The molecule has 0 radical (unpaired) electrons. The van der Waals surface area contributed by atoms with E-state index in [0.717, 1.165) is 16.7 Å². The van der Waals surface area contributed by atoms with Crippen LogP contribution in [0.2, 0.25) is 0 Å². The van der Waals surface area contributed by atoms with Crippen LogP contribution in [0.25, 0.3) is 0 Å². The maximum atomic E-state index is 12.8. The predicted molar refractivity (Wildman–Crippen MR) is 120 cm³/mol. The summed E-state index contributed by atoms with van der Waals surface area (Å²) in [4.78, 5) is 13.0. The van der Waals surface area contributed by atoms with Crippen LogP contribution in [0.5, 0.6) is 0 Å². The first-order valence-corrected chi connectivity index (χ1v) is 11.7. The number of hydrogen-bond acceptors (Lipinski definition) is 4. The lowest BCUT2D eigenvalue weighted by Crippen LogP contribution is -2.31. The van der Waals surface area contributed by atoms with E-state index in [9.17, 15) is 13.2 Å². The van der Waals surface area contributed by atoms with Crippen LogP contribution in [0.4, 0.5) is 0 Å². The van der Waals surface area contributed by atoms with Gasteiger partial charge in [0.05, 0.1) is 11.4 Å². The molecule has 3 rings (SSSR count). The summed E-state index contributed by atoms with van der Waals surface area (Å²) in [6.07, 6.45) is 3.64. The molecule has 8 heteroatoms. The fourth-order valence-electron chi connectivity index (χ4n) is 3.42. The highest BCUT2D eigenvalue weighted by Crippen LogP contribution is 2.20. The van der Waals surface area contributed by atoms with Crippen molar-refractivity contribution < 1.29 is 13.2 Å². The van der Waals surface area contributed by atoms with E-state index in [2.05, 4.69) is 10.4 Å². The van der Waals surface area contributed by atoms with Gasteiger partial charge in [-0.2, -0.15) is 9.40 Å². The van der Waals surface area contributed by atoms with E-state index in [4.69, 9.17) is 0 Å². The Labute approximate surface area is 183 Å². The normalized spacial score (nSPS) is 11.6. The van der Waals surface area contributed by atoms with Crippen molar-refractivity contribution >= 4 is 15.9 Å². The lowest BCUT2D eigenvalue weighted by atomic mass is 10.1. The number of benzene rings is 2. The molecule has 0 saturated carbocycles. The van der Waals surface area contributed by atoms with E-state index < -0.39 is 10.0 Å². The summed E-state index contributed by atoms with van der Waals surface area (Å²) in [6, 6.07) is 14.5. The second-order valence-electron chi connectivity index (χ2n) is 7.27. The van der Waals surface area contributed by atoms with Crippen molar-refractivity contribution in [3.63, 3.8) is 0 Å². The molecule has 0 atom stereocenters. The Balaban J connectivity index is 1.74. The number of sulfonamides is 1. The molecule has 0 aliphatic carbocycles. The van der Waals surface area contributed by atoms with Crippen molar-refractivity contribution in [2.45, 2.75) is 38.8 Å². The summed E-state index contributed by atoms with van der Waals surface area (Å²) in [5.74, 6) is -0.299. The molecule has 164 valence electrons. The molecule has 0 aliphatic heterocycles. The first-order chi connectivity index (χ1) is 14.8. The predicted octanol–water partition coefficient (Wildman–Crippen LogP) is 3.20. The Morgan fingerprint density at radius 1 is 1.06 bits per heavy atom. The van der Waals surface area contributed by atoms with E-state index in [1.54, 1.807) is 39.1 Å². The zero-order chi connectivity index (χ0) is 22.4. The zero-order valence-electron chi connectivity index (χ0n) is 18.1. The second-order valence-corrected chi connectivity index (χ2v) is 9.21. The van der Waals surface area contributed by atoms with E-state index in [-0.39, 0.29) is 10.8 Å². The molecule has 1 amide bonds. The van der Waals surface area contributed by atoms with Gasteiger partial charge in [-0.15, -0.1) is 0 Å². The van der Waals surface area contributed by atoms with Crippen LogP contribution >= 0.6 is 0 Å². The molecule has 31 heavy (non-hydrogen) atoms. The van der Waals surface area contributed by atoms with Gasteiger partial charge in [-0.05, 0) is 41.8 Å². The molecule has 1 heterocycles. The number of aromatic nitrogens is 2. The van der Waals surface area contributed by atoms with E-state index >= 15 is 0 Å². The highest BCUT2D eigenvalue weighted by molar-refractivity contribution is 7.89. The molecule has 3 aromatic rings. The number of amides is 1. The summed E-state index contributed by atoms with van der Waals surface area (Å²) in [6.45, 7) is 7.14. The second kappa shape index (κ2) is 9.89. The number of hydrogen-bond donors (Lipinski definition) is 1. The van der Waals surface area contributed by atoms with Crippen molar-refractivity contribution in [2.24, 2.45) is 0 Å². The highest BCUT2D eigenvalue weighted by Gasteiger charge is 2.23. The molecule has 1 aromatic heterocycles. The summed E-state index contributed by atoms with van der Waals surface area (Å²) in [5.41, 5.74) is 3.13. The van der Waals surface area contributed by atoms with Gasteiger partial charge in [-0.25, -0.2) is 8.42 Å². The number of nitrogens with one attached hydrogen (secondary N) is 1. The summed E-state index contributed by atoms with van der Waals surface area (Å²) in [5, 5.41) is 7.12. The minimum Gasteiger partial charge on any atom is -0.348 e. The summed E-state index contributed by atoms with van der Waals surface area (Å²) in [7, 11) is -3.63. The topological polar surface area (TPSA) is 84.3 Å². The largest absolute Gasteiger partial charge is 0.348 e. The van der Waals surface area contributed by atoms with Crippen molar-refractivity contribution in [1.82, 2.24) is 19.4 Å². The van der Waals surface area contributed by atoms with Gasteiger partial charge in [0.15, 0.2) is 0 Å². The van der Waals surface area contributed by atoms with Crippen LogP contribution in [0.15, 0.2) is 65.8 Å². The van der Waals surface area contributed by atoms with Gasteiger partial charge in [0.1, 0.15) is 0 Å². The number of carbonyl (C=O) groups is 1. The van der Waals surface area contributed by atoms with Crippen LogP contribution in [0.3, 0.4) is 0 Å². The Morgan fingerprint density at radius 2 is 1.81 bits per heavy atom. The van der Waals surface area contributed by atoms with Gasteiger partial charge in [0.2, 0.25) is 10.0 Å². The Kier molecular flexibility index (Phi) is 7.25. The fourth-order valence-corrected chi connectivity index (χ4v) is 4.90. The van der Waals surface area contributed by atoms with E-state index in [1.165, 1.54) is 10.4 Å². The molecule has 0 fully saturated rings. The maximum absolute atomic E-state index is 12.8. The molecule has 2 aromatic carbocycles. The first-order valence-electron chi connectivity index (χ1n) is 10.3. The van der Waals surface area contributed by atoms with Crippen molar-refractivity contribution in [1.29, 1.82) is 0 Å². The lowest BCUT2D eigenvalue weighted by molar-refractivity contribution is 0.0950. The monoisotopic (exact) mass is 440 g/mol. The third-order valence-electron chi connectivity index (χ3n) is 5.15. The molecule has 1 N–H and O–H groups in total. The standard InChI is InChI=1S/C23H28N4O3S/c1-4-27(5-2)31(29,30)21-11-10-18(3)22(15-21)23(28)24-16-19-8-6-9-20(14-19)17-26-13-7-12-25-26/h6-15H,4-5,16-17H2,1-3H3,(H,24,28). The third kappa shape index (κ3) is 5.39. The van der Waals surface area contributed by atoms with Crippen molar-refractivity contribution in [2.75, 3.05) is 13.1 Å². The van der Waals surface area contributed by atoms with Crippen LogP contribution in [0, 0.1) is 6.92 Å². The quantitative estimate of drug-likeness (QED) is 0.554. The Bertz CT molecular complexity index is 1140. The maximum Gasteiger partial charge on any atom is 0.251 e. The molecule has 7 nitrogen and oxygen atoms in total. The van der Waals surface area contributed by atoms with Gasteiger partial charge in [-0.3, -0.25) is 9.48 Å². The van der Waals surface area contributed by atoms with Gasteiger partial charge in [0.25, 0.3) is 5.91 Å². The van der Waals surface area contributed by atoms with Crippen molar-refractivity contribution in [3.8, 4) is 0 Å². The zero-order valence-corrected chi connectivity index (χ0v) is 18.9. The average molecular weight is 441 g/mol. The summed E-state index contributed by atoms with van der Waals surface area (Å²) >= 11 is 0. The minimum absolute atomic E-state index is 0.133. The molecule has 0 bridgehead atoms. The van der Waals surface area contributed by atoms with Gasteiger partial charge in [0, 0.05) is 37.6 Å². The molecule has 0 aliphatic rings. The highest BCUT2D eigenvalue weighted by atomic mass is 32.2. The number of aryl methyl sites for hydroxylation is 1. The van der Waals surface area contributed by atoms with Gasteiger partial charge < -0.3 is 5.32 Å². The fraction of sp³-hybridized carbons (Fsp3) is 0.304. The average Bonchev–Trinajstić information content (AvgIpc) is 3.26. The number of nitrogens with zero attached hydrogens (tertiary/aromatic N) is 3. The molecule has 0 spiro atoms. The molecular formula is C23H28N4O3S. The van der Waals surface area contributed by atoms with Crippen LogP contribution in [0.1, 0.15) is 40.9 Å². The SMILES string of the molecule is CCN(CC)S(=O)(=O)c1ccc(C)c(C(=O)NCc2cccc(Cn3cccn3)c2)c1. The van der Waals surface area contributed by atoms with E-state index in [1.807, 2.05) is 41.2 Å². The molecule has 0 unspecified atom stereocenters.